The molecule has 16 heavy (non-hydrogen) atoms. The SMILES string of the molecule is COC(O)(NC(=O)CN)C(=O)OOC(C)=O. The van der Waals surface area contributed by atoms with E-state index in [1.165, 1.54) is 0 Å². The molecule has 0 heterocycles. The molecule has 0 fully saturated rings. The molecule has 9 heteroatoms. The van der Waals surface area contributed by atoms with Crippen LogP contribution < -0.4 is 11.1 Å². The molecule has 1 atom stereocenters. The Morgan fingerprint density at radius 1 is 1.38 bits per heavy atom. The van der Waals surface area contributed by atoms with E-state index in [9.17, 15) is 19.5 Å². The molecule has 9 nitrogen and oxygen atoms in total. The van der Waals surface area contributed by atoms with Gasteiger partial charge in [-0.1, -0.05) is 0 Å². The van der Waals surface area contributed by atoms with E-state index in [0.29, 0.717) is 0 Å². The first-order valence-electron chi connectivity index (χ1n) is 4.04. The fraction of sp³-hybridized carbons (Fsp3) is 0.571. The zero-order valence-corrected chi connectivity index (χ0v) is 8.68. The molecule has 0 aliphatic carbocycles. The fourth-order valence-corrected chi connectivity index (χ4v) is 0.578. The lowest BCUT2D eigenvalue weighted by atomic mass is 10.4. The molecule has 0 aliphatic heterocycles. The zero-order valence-electron chi connectivity index (χ0n) is 8.68. The summed E-state index contributed by atoms with van der Waals surface area (Å²) in [5.41, 5.74) is 4.94. The number of methoxy groups -OCH3 is 1. The highest BCUT2D eigenvalue weighted by molar-refractivity contribution is 5.86. The highest BCUT2D eigenvalue weighted by atomic mass is 17.2. The molecule has 0 saturated heterocycles. The molecule has 0 aromatic heterocycles. The third-order valence-electron chi connectivity index (χ3n) is 1.30. The van der Waals surface area contributed by atoms with E-state index in [4.69, 9.17) is 5.73 Å². The van der Waals surface area contributed by atoms with Crippen molar-refractivity contribution in [1.29, 1.82) is 0 Å². The summed E-state index contributed by atoms with van der Waals surface area (Å²) in [6, 6.07) is 0. The van der Waals surface area contributed by atoms with Gasteiger partial charge in [0.25, 0.3) is 0 Å². The number of rotatable bonds is 4. The van der Waals surface area contributed by atoms with Crippen LogP contribution in [-0.2, 0) is 28.9 Å². The van der Waals surface area contributed by atoms with Crippen LogP contribution in [0, 0.1) is 0 Å². The Kier molecular flexibility index (Phi) is 5.36. The molecule has 0 spiro atoms. The van der Waals surface area contributed by atoms with Crippen LogP contribution in [0.15, 0.2) is 0 Å². The summed E-state index contributed by atoms with van der Waals surface area (Å²) in [6.45, 7) is 0.490. The van der Waals surface area contributed by atoms with Crippen molar-refractivity contribution in [3.8, 4) is 0 Å². The molecule has 1 amide bonds. The summed E-state index contributed by atoms with van der Waals surface area (Å²) in [5, 5.41) is 11.1. The Balaban J connectivity index is 4.49. The van der Waals surface area contributed by atoms with Crippen molar-refractivity contribution in [3.63, 3.8) is 0 Å². The molecule has 0 aromatic carbocycles. The number of aliphatic hydroxyl groups is 1. The third-order valence-corrected chi connectivity index (χ3v) is 1.30. The van der Waals surface area contributed by atoms with Gasteiger partial charge in [0.2, 0.25) is 5.91 Å². The Bertz CT molecular complexity index is 292. The van der Waals surface area contributed by atoms with Gasteiger partial charge in [0.05, 0.1) is 6.54 Å². The van der Waals surface area contributed by atoms with Crippen molar-refractivity contribution >= 4 is 17.8 Å². The van der Waals surface area contributed by atoms with Crippen LogP contribution in [0.4, 0.5) is 0 Å². The van der Waals surface area contributed by atoms with Crippen molar-refractivity contribution in [1.82, 2.24) is 5.32 Å². The van der Waals surface area contributed by atoms with Crippen molar-refractivity contribution in [2.75, 3.05) is 13.7 Å². The molecule has 1 unspecified atom stereocenters. The summed E-state index contributed by atoms with van der Waals surface area (Å²) in [4.78, 5) is 40.0. The molecule has 0 aliphatic rings. The maximum atomic E-state index is 11.1. The quantitative estimate of drug-likeness (QED) is 0.274. The van der Waals surface area contributed by atoms with Crippen molar-refractivity contribution < 1.29 is 34.0 Å². The van der Waals surface area contributed by atoms with Gasteiger partial charge in [0.1, 0.15) is 0 Å². The second kappa shape index (κ2) is 6.00. The Labute approximate surface area is 90.4 Å². The summed E-state index contributed by atoms with van der Waals surface area (Å²) in [7, 11) is 0.922. The molecule has 0 saturated carbocycles. The lowest BCUT2D eigenvalue weighted by Gasteiger charge is -2.22. The average molecular weight is 236 g/mol. The number of carbonyl (C=O) groups excluding carboxylic acids is 3. The predicted molar refractivity (Wildman–Crippen MR) is 47.0 cm³/mol. The third kappa shape index (κ3) is 4.21. The summed E-state index contributed by atoms with van der Waals surface area (Å²) < 4.78 is 4.31. The van der Waals surface area contributed by atoms with E-state index >= 15 is 0 Å². The first kappa shape index (κ1) is 14.3. The van der Waals surface area contributed by atoms with Crippen LogP contribution in [0.1, 0.15) is 6.92 Å². The molecule has 0 bridgehead atoms. The highest BCUT2D eigenvalue weighted by Gasteiger charge is 2.41. The number of carbonyl (C=O) groups is 3. The van der Waals surface area contributed by atoms with E-state index in [-0.39, 0.29) is 0 Å². The first-order valence-corrected chi connectivity index (χ1v) is 4.04. The minimum atomic E-state index is -2.76. The van der Waals surface area contributed by atoms with Crippen LogP contribution >= 0.6 is 0 Å². The average Bonchev–Trinajstić information content (AvgIpc) is 2.25. The van der Waals surface area contributed by atoms with Gasteiger partial charge in [0.15, 0.2) is 0 Å². The number of hydrogen-bond acceptors (Lipinski definition) is 8. The predicted octanol–water partition coefficient (Wildman–Crippen LogP) is -2.62. The van der Waals surface area contributed by atoms with E-state index in [0.717, 1.165) is 14.0 Å². The minimum Gasteiger partial charge on any atom is -0.340 e. The Hall–Kier alpha value is -1.71. The van der Waals surface area contributed by atoms with E-state index in [1.54, 1.807) is 5.32 Å². The second-order valence-corrected chi connectivity index (χ2v) is 2.55. The van der Waals surface area contributed by atoms with Crippen molar-refractivity contribution in [3.05, 3.63) is 0 Å². The molecule has 0 radical (unpaired) electrons. The number of nitrogens with one attached hydrogen (secondary N) is 1. The summed E-state index contributed by atoms with van der Waals surface area (Å²) >= 11 is 0. The van der Waals surface area contributed by atoms with Crippen molar-refractivity contribution in [2.45, 2.75) is 12.8 Å². The van der Waals surface area contributed by atoms with Gasteiger partial charge in [-0.25, -0.2) is 19.4 Å². The standard InChI is InChI=1S/C7H12N2O7/c1-4(10)15-16-6(12)7(13,14-2)9-5(11)3-8/h13H,3,8H2,1-2H3,(H,9,11). The maximum Gasteiger partial charge on any atom is 0.437 e. The van der Waals surface area contributed by atoms with Gasteiger partial charge < -0.3 is 15.6 Å². The molecule has 92 valence electrons. The van der Waals surface area contributed by atoms with Gasteiger partial charge >= 0.3 is 17.8 Å². The zero-order chi connectivity index (χ0) is 12.8. The molecular weight excluding hydrogens is 224 g/mol. The van der Waals surface area contributed by atoms with Crippen LogP contribution in [0.25, 0.3) is 0 Å². The van der Waals surface area contributed by atoms with Gasteiger partial charge in [-0.3, -0.25) is 10.1 Å². The van der Waals surface area contributed by atoms with Crippen LogP contribution in [0.3, 0.4) is 0 Å². The van der Waals surface area contributed by atoms with Crippen molar-refractivity contribution in [2.24, 2.45) is 5.73 Å². The largest absolute Gasteiger partial charge is 0.437 e. The van der Waals surface area contributed by atoms with Crippen LogP contribution in [0.2, 0.25) is 0 Å². The van der Waals surface area contributed by atoms with Gasteiger partial charge in [-0.05, 0) is 0 Å². The Morgan fingerprint density at radius 2 is 1.94 bits per heavy atom. The monoisotopic (exact) mass is 236 g/mol. The Morgan fingerprint density at radius 3 is 2.31 bits per heavy atom. The number of nitrogens with two attached hydrogens (primary N) is 1. The van der Waals surface area contributed by atoms with E-state index in [2.05, 4.69) is 14.5 Å². The number of amides is 1. The fourth-order valence-electron chi connectivity index (χ4n) is 0.578. The highest BCUT2D eigenvalue weighted by Crippen LogP contribution is 2.04. The first-order chi connectivity index (χ1) is 7.35. The smallest absolute Gasteiger partial charge is 0.340 e. The maximum absolute atomic E-state index is 11.1. The van der Waals surface area contributed by atoms with E-state index < -0.39 is 30.3 Å². The normalized spacial score (nSPS) is 13.5. The summed E-state index contributed by atoms with van der Waals surface area (Å²) in [5.74, 6) is -6.07. The molecule has 0 aromatic rings. The van der Waals surface area contributed by atoms with Crippen LogP contribution in [0.5, 0.6) is 0 Å². The topological polar surface area (TPSA) is 137 Å². The van der Waals surface area contributed by atoms with Gasteiger partial charge in [-0.15, -0.1) is 0 Å². The van der Waals surface area contributed by atoms with Crippen LogP contribution in [-0.4, -0.2) is 42.5 Å². The number of hydrogen-bond donors (Lipinski definition) is 3. The van der Waals surface area contributed by atoms with Gasteiger partial charge in [0, 0.05) is 14.0 Å². The molecule has 0 rings (SSSR count). The lowest BCUT2D eigenvalue weighted by molar-refractivity contribution is -0.295. The number of ether oxygens (including phenoxy) is 1. The second-order valence-electron chi connectivity index (χ2n) is 2.55. The minimum absolute atomic E-state index is 0.480. The molecule has 4 N–H and O–H groups in total. The van der Waals surface area contributed by atoms with E-state index in [1.807, 2.05) is 0 Å². The van der Waals surface area contributed by atoms with Gasteiger partial charge in [-0.2, -0.15) is 0 Å². The lowest BCUT2D eigenvalue weighted by Crippen LogP contribution is -2.58. The molecular formula is C7H12N2O7. The summed E-state index contributed by atoms with van der Waals surface area (Å²) in [6.07, 6.45) is 0.